The zero-order valence-electron chi connectivity index (χ0n) is 32.4. The lowest BCUT2D eigenvalue weighted by molar-refractivity contribution is -0.133. The number of hydrogen-bond acceptors (Lipinski definition) is 10. The van der Waals surface area contributed by atoms with E-state index in [0.717, 1.165) is 10.5 Å². The highest BCUT2D eigenvalue weighted by Crippen LogP contribution is 2.29. The van der Waals surface area contributed by atoms with Gasteiger partial charge in [0, 0.05) is 37.4 Å². The zero-order valence-corrected chi connectivity index (χ0v) is 32.4. The molecule has 2 amide bonds. The highest BCUT2D eigenvalue weighted by molar-refractivity contribution is 5.98. The number of carbonyl (C=O) groups excluding carboxylic acids is 3. The van der Waals surface area contributed by atoms with Crippen LogP contribution >= 0.6 is 0 Å². The van der Waals surface area contributed by atoms with E-state index in [4.69, 9.17) is 30.4 Å². The highest BCUT2D eigenvalue weighted by atomic mass is 19.2. The van der Waals surface area contributed by atoms with Gasteiger partial charge in [0.05, 0.1) is 25.2 Å². The molecule has 5 N–H and O–H groups in total. The van der Waals surface area contributed by atoms with Gasteiger partial charge in [0.15, 0.2) is 17.8 Å². The molecular formula is C38H45F5N6O8. The lowest BCUT2D eigenvalue weighted by Crippen LogP contribution is -2.40. The number of nitrogens with zero attached hydrogens (tertiary/aromatic N) is 3. The lowest BCUT2D eigenvalue weighted by atomic mass is 9.92. The predicted molar refractivity (Wildman–Crippen MR) is 199 cm³/mol. The third-order valence-corrected chi connectivity index (χ3v) is 8.08. The van der Waals surface area contributed by atoms with Gasteiger partial charge >= 0.3 is 12.2 Å². The number of ether oxygens (including phenoxy) is 5. The Hall–Kier alpha value is -5.82. The molecule has 0 aromatic heterocycles. The normalized spacial score (nSPS) is 12.8. The van der Waals surface area contributed by atoms with Crippen LogP contribution in [0, 0.1) is 39.9 Å². The third-order valence-electron chi connectivity index (χ3n) is 8.08. The minimum atomic E-state index is -2.41. The van der Waals surface area contributed by atoms with Gasteiger partial charge in [0.2, 0.25) is 40.7 Å². The molecule has 3 aromatic carbocycles. The van der Waals surface area contributed by atoms with Crippen molar-refractivity contribution in [1.29, 1.82) is 0 Å². The molecular weight excluding hydrogens is 763 g/mol. The number of benzene rings is 3. The lowest BCUT2D eigenvalue weighted by Gasteiger charge is -2.28. The summed E-state index contributed by atoms with van der Waals surface area (Å²) >= 11 is 0. The summed E-state index contributed by atoms with van der Waals surface area (Å²) in [5, 5.41) is 10.7. The average molecular weight is 809 g/mol. The molecule has 57 heavy (non-hydrogen) atoms. The fourth-order valence-electron chi connectivity index (χ4n) is 4.69. The summed E-state index contributed by atoms with van der Waals surface area (Å²) in [6, 6.07) is 12.6. The molecule has 0 heterocycles. The standard InChI is InChI=1S/C38H45F5N6O8/c1-21(32(44)47-48-33(45)24-12-8-22(9-13-24)16-46-34(50)38(4,5)20-54-19-37(2,3)18-53-7)56-35(51)49(6)25-14-10-23(11-15-25)17-55-36(52)57-31-29(42)27(40)26(39)28(41)30(31)43/h8-15,21H,16-20H2,1-7H3,(H2,44,47)(H2,45,48)(H,46,50). The predicted octanol–water partition coefficient (Wildman–Crippen LogP) is 6.07. The van der Waals surface area contributed by atoms with Gasteiger partial charge in [0.1, 0.15) is 6.61 Å². The Labute approximate surface area is 325 Å². The number of hydrogen-bond donors (Lipinski definition) is 3. The van der Waals surface area contributed by atoms with Crippen molar-refractivity contribution < 1.29 is 60.0 Å². The highest BCUT2D eigenvalue weighted by Gasteiger charge is 2.30. The SMILES string of the molecule is COCC(C)(C)COCC(C)(C)C(=O)NCc1ccc(/C(N)=N/N=C(\N)C(C)OC(=O)N(C)c2ccc(COC(=O)Oc3c(F)c(F)c(F)c(F)c3F)cc2)cc1. The molecule has 1 unspecified atom stereocenters. The average Bonchev–Trinajstić information content (AvgIpc) is 3.17. The fraction of sp³-hybridized carbons (Fsp3) is 0.395. The first-order valence-electron chi connectivity index (χ1n) is 17.2. The van der Waals surface area contributed by atoms with Crippen molar-refractivity contribution in [1.82, 2.24) is 5.32 Å². The van der Waals surface area contributed by atoms with Gasteiger partial charge < -0.3 is 40.5 Å². The van der Waals surface area contributed by atoms with Crippen LogP contribution in [0.25, 0.3) is 0 Å². The van der Waals surface area contributed by atoms with Crippen LogP contribution in [0.15, 0.2) is 58.7 Å². The summed E-state index contributed by atoms with van der Waals surface area (Å²) in [6.45, 7) is 10.1. The molecule has 0 radical (unpaired) electrons. The molecule has 0 fully saturated rings. The molecule has 0 aliphatic carbocycles. The number of nitrogens with one attached hydrogen (secondary N) is 1. The molecule has 0 spiro atoms. The molecule has 0 saturated carbocycles. The molecule has 310 valence electrons. The topological polar surface area (TPSA) is 189 Å². The van der Waals surface area contributed by atoms with Crippen LogP contribution in [0.5, 0.6) is 5.75 Å². The van der Waals surface area contributed by atoms with Crippen LogP contribution in [0.4, 0.5) is 37.2 Å². The summed E-state index contributed by atoms with van der Waals surface area (Å²) in [5.74, 6) is -13.8. The summed E-state index contributed by atoms with van der Waals surface area (Å²) in [5.41, 5.74) is 13.1. The van der Waals surface area contributed by atoms with Gasteiger partial charge in [0.25, 0.3) is 0 Å². The van der Waals surface area contributed by atoms with E-state index in [0.29, 0.717) is 30.0 Å². The van der Waals surface area contributed by atoms with Gasteiger partial charge in [-0.15, -0.1) is 10.2 Å². The van der Waals surface area contributed by atoms with Crippen LogP contribution < -0.4 is 26.4 Å². The number of rotatable bonds is 17. The zero-order chi connectivity index (χ0) is 42.7. The minimum absolute atomic E-state index is 0.0220. The Kier molecular flexibility index (Phi) is 15.9. The maximum Gasteiger partial charge on any atom is 0.514 e. The second-order valence-corrected chi connectivity index (χ2v) is 14.2. The van der Waals surface area contributed by atoms with Gasteiger partial charge in [-0.25, -0.2) is 22.8 Å². The van der Waals surface area contributed by atoms with E-state index in [1.807, 2.05) is 13.8 Å². The van der Waals surface area contributed by atoms with E-state index in [1.54, 1.807) is 45.2 Å². The molecule has 0 saturated heterocycles. The van der Waals surface area contributed by atoms with Crippen LogP contribution in [0.1, 0.15) is 51.3 Å². The van der Waals surface area contributed by atoms with Crippen molar-refractivity contribution in [3.05, 3.63) is 94.3 Å². The first-order valence-corrected chi connectivity index (χ1v) is 17.2. The summed E-state index contributed by atoms with van der Waals surface area (Å²) in [4.78, 5) is 38.6. The molecule has 3 rings (SSSR count). The van der Waals surface area contributed by atoms with Crippen molar-refractivity contribution in [3.63, 3.8) is 0 Å². The van der Waals surface area contributed by atoms with Gasteiger partial charge in [-0.1, -0.05) is 50.2 Å². The number of amides is 2. The van der Waals surface area contributed by atoms with Crippen LogP contribution in [0.2, 0.25) is 0 Å². The second-order valence-electron chi connectivity index (χ2n) is 14.2. The Bertz CT molecular complexity index is 1930. The second kappa shape index (κ2) is 19.9. The maximum atomic E-state index is 13.8. The minimum Gasteiger partial charge on any atom is -0.438 e. The Morgan fingerprint density at radius 2 is 1.37 bits per heavy atom. The van der Waals surface area contributed by atoms with E-state index < -0.39 is 65.2 Å². The molecule has 14 nitrogen and oxygen atoms in total. The molecule has 0 aliphatic rings. The summed E-state index contributed by atoms with van der Waals surface area (Å²) in [6.07, 6.45) is -3.61. The number of nitrogens with two attached hydrogens (primary N) is 2. The smallest absolute Gasteiger partial charge is 0.438 e. The molecule has 19 heteroatoms. The van der Waals surface area contributed by atoms with Crippen molar-refractivity contribution in [3.8, 4) is 5.75 Å². The van der Waals surface area contributed by atoms with Crippen LogP contribution in [-0.4, -0.2) is 69.9 Å². The van der Waals surface area contributed by atoms with E-state index in [2.05, 4.69) is 20.3 Å². The van der Waals surface area contributed by atoms with Crippen molar-refractivity contribution >= 4 is 35.5 Å². The first kappa shape index (κ1) is 45.6. The van der Waals surface area contributed by atoms with E-state index in [-0.39, 0.29) is 36.1 Å². The Morgan fingerprint density at radius 1 is 0.807 bits per heavy atom. The monoisotopic (exact) mass is 808 g/mol. The molecule has 3 aromatic rings. The maximum absolute atomic E-state index is 13.8. The van der Waals surface area contributed by atoms with Gasteiger partial charge in [-0.05, 0) is 44.0 Å². The van der Waals surface area contributed by atoms with Crippen molar-refractivity contribution in [2.45, 2.75) is 53.9 Å². The Balaban J connectivity index is 1.48. The number of methoxy groups -OCH3 is 1. The van der Waals surface area contributed by atoms with Gasteiger partial charge in [-0.2, -0.15) is 8.78 Å². The number of halogens is 5. The van der Waals surface area contributed by atoms with Crippen molar-refractivity contribution in [2.75, 3.05) is 38.9 Å². The van der Waals surface area contributed by atoms with E-state index >= 15 is 0 Å². The quantitative estimate of drug-likeness (QED) is 0.0211. The number of carbonyl (C=O) groups is 3. The van der Waals surface area contributed by atoms with E-state index in [9.17, 15) is 36.3 Å². The first-order chi connectivity index (χ1) is 26.7. The fourth-order valence-corrected chi connectivity index (χ4v) is 4.69. The van der Waals surface area contributed by atoms with Gasteiger partial charge in [-0.3, -0.25) is 9.69 Å². The van der Waals surface area contributed by atoms with E-state index in [1.165, 1.54) is 38.2 Å². The van der Waals surface area contributed by atoms with Crippen LogP contribution in [-0.2, 0) is 36.9 Å². The largest absolute Gasteiger partial charge is 0.514 e. The third kappa shape index (κ3) is 12.9. The number of anilines is 1. The number of amidine groups is 2. The molecule has 0 aliphatic heterocycles. The summed E-state index contributed by atoms with van der Waals surface area (Å²) in [7, 11) is 3.02. The molecule has 1 atom stereocenters. The van der Waals surface area contributed by atoms with Crippen LogP contribution in [0.3, 0.4) is 0 Å². The Morgan fingerprint density at radius 3 is 1.95 bits per heavy atom. The van der Waals surface area contributed by atoms with Crippen molar-refractivity contribution in [2.24, 2.45) is 32.5 Å². The molecule has 0 bridgehead atoms. The summed E-state index contributed by atoms with van der Waals surface area (Å²) < 4.78 is 92.7.